The van der Waals surface area contributed by atoms with Crippen molar-refractivity contribution in [3.63, 3.8) is 0 Å². The molecule has 33 heavy (non-hydrogen) atoms. The van der Waals surface area contributed by atoms with E-state index in [1.54, 1.807) is 23.5 Å². The van der Waals surface area contributed by atoms with Crippen LogP contribution in [0.1, 0.15) is 39.8 Å². The van der Waals surface area contributed by atoms with Gasteiger partial charge in [0.05, 0.1) is 18.0 Å². The second kappa shape index (κ2) is 9.68. The lowest BCUT2D eigenvalue weighted by Gasteiger charge is -2.27. The number of likely N-dealkylation sites (tertiary alicyclic amines) is 1. The van der Waals surface area contributed by atoms with E-state index in [9.17, 15) is 9.59 Å². The molecule has 3 heterocycles. The minimum atomic E-state index is -0.256. The highest BCUT2D eigenvalue weighted by Crippen LogP contribution is 2.28. The van der Waals surface area contributed by atoms with Crippen LogP contribution >= 0.6 is 11.3 Å². The summed E-state index contributed by atoms with van der Waals surface area (Å²) in [5.41, 5.74) is 1.05. The number of nitrogens with one attached hydrogen (secondary N) is 1. The van der Waals surface area contributed by atoms with Crippen molar-refractivity contribution < 1.29 is 4.79 Å². The van der Waals surface area contributed by atoms with Crippen molar-refractivity contribution in [1.29, 1.82) is 0 Å². The SMILES string of the molecule is O=C(NCC(c1cccs1)N1CCCC1)c1nn(Cc2ccccc2)c(=O)c2ccccc12. The van der Waals surface area contributed by atoms with Gasteiger partial charge in [-0.05, 0) is 49.0 Å². The second-order valence-electron chi connectivity index (χ2n) is 8.33. The summed E-state index contributed by atoms with van der Waals surface area (Å²) in [5, 5.41) is 10.8. The number of fused-ring (bicyclic) bond motifs is 1. The van der Waals surface area contributed by atoms with Gasteiger partial charge in [0.25, 0.3) is 11.5 Å². The Labute approximate surface area is 196 Å². The fraction of sp³-hybridized carbons (Fsp3) is 0.269. The highest BCUT2D eigenvalue weighted by atomic mass is 32.1. The summed E-state index contributed by atoms with van der Waals surface area (Å²) in [4.78, 5) is 30.1. The van der Waals surface area contributed by atoms with E-state index in [-0.39, 0.29) is 23.2 Å². The molecule has 1 unspecified atom stereocenters. The molecule has 1 atom stereocenters. The molecule has 1 N–H and O–H groups in total. The lowest BCUT2D eigenvalue weighted by molar-refractivity contribution is 0.0933. The third-order valence-corrected chi connectivity index (χ3v) is 7.14. The van der Waals surface area contributed by atoms with Crippen LogP contribution in [-0.2, 0) is 6.54 Å². The highest BCUT2D eigenvalue weighted by Gasteiger charge is 2.25. The van der Waals surface area contributed by atoms with Crippen molar-refractivity contribution in [3.05, 3.63) is 98.6 Å². The number of amides is 1. The number of hydrogen-bond acceptors (Lipinski definition) is 5. The van der Waals surface area contributed by atoms with Crippen molar-refractivity contribution in [3.8, 4) is 0 Å². The molecule has 1 fully saturated rings. The van der Waals surface area contributed by atoms with Crippen LogP contribution in [-0.4, -0.2) is 40.2 Å². The molecule has 1 aliphatic heterocycles. The van der Waals surface area contributed by atoms with Crippen LogP contribution in [0.15, 0.2) is 76.9 Å². The number of nitrogens with zero attached hydrogens (tertiary/aromatic N) is 3. The number of carbonyl (C=O) groups excluding carboxylic acids is 1. The fourth-order valence-corrected chi connectivity index (χ4v) is 5.34. The van der Waals surface area contributed by atoms with Crippen molar-refractivity contribution in [2.75, 3.05) is 19.6 Å². The van der Waals surface area contributed by atoms with Crippen molar-refractivity contribution in [2.24, 2.45) is 0 Å². The number of benzene rings is 2. The summed E-state index contributed by atoms with van der Waals surface area (Å²) in [7, 11) is 0. The molecular formula is C26H26N4O2S. The zero-order valence-electron chi connectivity index (χ0n) is 18.3. The Balaban J connectivity index is 1.45. The third-order valence-electron chi connectivity index (χ3n) is 6.17. The largest absolute Gasteiger partial charge is 0.349 e. The Morgan fingerprint density at radius 2 is 1.70 bits per heavy atom. The summed E-state index contributed by atoms with van der Waals surface area (Å²) < 4.78 is 1.39. The van der Waals surface area contributed by atoms with Crippen LogP contribution in [0.3, 0.4) is 0 Å². The smallest absolute Gasteiger partial charge is 0.274 e. The van der Waals surface area contributed by atoms with E-state index in [1.807, 2.05) is 42.5 Å². The molecule has 1 saturated heterocycles. The van der Waals surface area contributed by atoms with Crippen molar-refractivity contribution >= 4 is 28.0 Å². The van der Waals surface area contributed by atoms with Gasteiger partial charge in [0.15, 0.2) is 5.69 Å². The van der Waals surface area contributed by atoms with Crippen LogP contribution < -0.4 is 10.9 Å². The zero-order valence-corrected chi connectivity index (χ0v) is 19.1. The van der Waals surface area contributed by atoms with Gasteiger partial charge in [0, 0.05) is 16.8 Å². The van der Waals surface area contributed by atoms with Gasteiger partial charge in [-0.25, -0.2) is 4.68 Å². The zero-order chi connectivity index (χ0) is 22.6. The highest BCUT2D eigenvalue weighted by molar-refractivity contribution is 7.10. The molecule has 1 aliphatic rings. The molecular weight excluding hydrogens is 432 g/mol. The molecule has 0 bridgehead atoms. The van der Waals surface area contributed by atoms with Crippen LogP contribution in [0.2, 0.25) is 0 Å². The quantitative estimate of drug-likeness (QED) is 0.453. The normalized spacial score (nSPS) is 15.0. The topological polar surface area (TPSA) is 67.2 Å². The van der Waals surface area contributed by atoms with E-state index in [1.165, 1.54) is 22.4 Å². The van der Waals surface area contributed by atoms with Crippen molar-refractivity contribution in [1.82, 2.24) is 20.0 Å². The number of hydrogen-bond donors (Lipinski definition) is 1. The number of aromatic nitrogens is 2. The van der Waals surface area contributed by atoms with Gasteiger partial charge in [0.2, 0.25) is 0 Å². The Kier molecular flexibility index (Phi) is 6.32. The molecule has 0 aliphatic carbocycles. The van der Waals surface area contributed by atoms with Crippen LogP contribution in [0.5, 0.6) is 0 Å². The lowest BCUT2D eigenvalue weighted by atomic mass is 10.1. The van der Waals surface area contributed by atoms with E-state index < -0.39 is 0 Å². The maximum Gasteiger partial charge on any atom is 0.274 e. The first-order valence-electron chi connectivity index (χ1n) is 11.3. The van der Waals surface area contributed by atoms with Gasteiger partial charge in [-0.2, -0.15) is 5.10 Å². The molecule has 7 heteroatoms. The summed E-state index contributed by atoms with van der Waals surface area (Å²) in [6, 6.07) is 21.2. The van der Waals surface area contributed by atoms with Gasteiger partial charge in [-0.15, -0.1) is 11.3 Å². The van der Waals surface area contributed by atoms with Gasteiger partial charge in [-0.3, -0.25) is 14.5 Å². The Hall–Kier alpha value is -3.29. The molecule has 1 amide bonds. The molecule has 0 saturated carbocycles. The minimum Gasteiger partial charge on any atom is -0.349 e. The summed E-state index contributed by atoms with van der Waals surface area (Å²) in [5.74, 6) is -0.256. The molecule has 6 nitrogen and oxygen atoms in total. The molecule has 5 rings (SSSR count). The molecule has 2 aromatic carbocycles. The van der Waals surface area contributed by atoms with E-state index in [0.29, 0.717) is 23.9 Å². The number of thiophene rings is 1. The van der Waals surface area contributed by atoms with Crippen LogP contribution in [0, 0.1) is 0 Å². The second-order valence-corrected chi connectivity index (χ2v) is 9.31. The van der Waals surface area contributed by atoms with Crippen LogP contribution in [0.4, 0.5) is 0 Å². The lowest BCUT2D eigenvalue weighted by Crippen LogP contribution is -2.37. The summed E-state index contributed by atoms with van der Waals surface area (Å²) in [6.07, 6.45) is 2.37. The van der Waals surface area contributed by atoms with E-state index >= 15 is 0 Å². The first kappa shape index (κ1) is 21.6. The van der Waals surface area contributed by atoms with Gasteiger partial charge in [-0.1, -0.05) is 54.6 Å². The van der Waals surface area contributed by atoms with E-state index in [2.05, 4.69) is 32.8 Å². The third kappa shape index (κ3) is 4.60. The molecule has 0 spiro atoms. The predicted octanol–water partition coefficient (Wildman–Crippen LogP) is 4.07. The molecule has 0 radical (unpaired) electrons. The predicted molar refractivity (Wildman–Crippen MR) is 132 cm³/mol. The molecule has 168 valence electrons. The molecule has 4 aromatic rings. The summed E-state index contributed by atoms with van der Waals surface area (Å²) in [6.45, 7) is 2.91. The average Bonchev–Trinajstić information content (AvgIpc) is 3.57. The summed E-state index contributed by atoms with van der Waals surface area (Å²) >= 11 is 1.72. The maximum atomic E-state index is 13.4. The maximum absolute atomic E-state index is 13.4. The monoisotopic (exact) mass is 458 g/mol. The molecule has 2 aromatic heterocycles. The first-order valence-corrected chi connectivity index (χ1v) is 12.2. The van der Waals surface area contributed by atoms with E-state index in [4.69, 9.17) is 0 Å². The average molecular weight is 459 g/mol. The van der Waals surface area contributed by atoms with Gasteiger partial charge >= 0.3 is 0 Å². The first-order chi connectivity index (χ1) is 16.2. The number of carbonyl (C=O) groups is 1. The fourth-order valence-electron chi connectivity index (χ4n) is 4.48. The minimum absolute atomic E-state index is 0.151. The Morgan fingerprint density at radius 1 is 0.970 bits per heavy atom. The van der Waals surface area contributed by atoms with Crippen molar-refractivity contribution in [2.45, 2.75) is 25.4 Å². The van der Waals surface area contributed by atoms with Gasteiger partial charge < -0.3 is 5.32 Å². The Bertz CT molecular complexity index is 1300. The standard InChI is InChI=1S/C26H26N4O2S/c31-25(27-17-22(23-13-8-16-33-23)29-14-6-7-15-29)24-20-11-4-5-12-21(20)26(32)30(28-24)18-19-9-2-1-3-10-19/h1-5,8-13,16,22H,6-7,14-15,17-18H2,(H,27,31). The Morgan fingerprint density at radius 3 is 2.42 bits per heavy atom. The van der Waals surface area contributed by atoms with Crippen LogP contribution in [0.25, 0.3) is 10.8 Å². The van der Waals surface area contributed by atoms with E-state index in [0.717, 1.165) is 18.7 Å². The van der Waals surface area contributed by atoms with Gasteiger partial charge in [0.1, 0.15) is 0 Å². The number of rotatable bonds is 7.